The summed E-state index contributed by atoms with van der Waals surface area (Å²) in [5.74, 6) is -0.0446. The highest BCUT2D eigenvalue weighted by atomic mass is 32.1. The van der Waals surface area contributed by atoms with Gasteiger partial charge in [-0.3, -0.25) is 4.79 Å². The number of halogens is 1. The van der Waals surface area contributed by atoms with Crippen LogP contribution >= 0.6 is 11.3 Å². The molecule has 126 valence electrons. The van der Waals surface area contributed by atoms with Crippen LogP contribution in [0.4, 0.5) is 9.52 Å². The van der Waals surface area contributed by atoms with E-state index < -0.39 is 5.41 Å². The van der Waals surface area contributed by atoms with Gasteiger partial charge in [0.25, 0.3) is 0 Å². The van der Waals surface area contributed by atoms with E-state index in [1.165, 1.54) is 12.1 Å². The number of hydrogen-bond acceptors (Lipinski definition) is 4. The number of thiazole rings is 1. The summed E-state index contributed by atoms with van der Waals surface area (Å²) in [5.41, 5.74) is 0.527. The fraction of sp³-hybridized carbons (Fsp3) is 0.444. The molecule has 2 aromatic rings. The van der Waals surface area contributed by atoms with Crippen molar-refractivity contribution >= 4 is 22.4 Å². The molecule has 1 amide bonds. The zero-order valence-corrected chi connectivity index (χ0v) is 14.3. The molecule has 1 aliphatic carbocycles. The summed E-state index contributed by atoms with van der Waals surface area (Å²) in [4.78, 5) is 21.7. The lowest BCUT2D eigenvalue weighted by Crippen LogP contribution is -2.56. The predicted molar refractivity (Wildman–Crippen MR) is 92.8 cm³/mol. The molecule has 2 heterocycles. The fourth-order valence-electron chi connectivity index (χ4n) is 3.70. The van der Waals surface area contributed by atoms with Crippen LogP contribution in [0.2, 0.25) is 0 Å². The number of carbonyl (C=O) groups is 1. The van der Waals surface area contributed by atoms with E-state index in [2.05, 4.69) is 9.88 Å². The molecule has 4 nitrogen and oxygen atoms in total. The lowest BCUT2D eigenvalue weighted by molar-refractivity contribution is -0.141. The molecular weight excluding hydrogens is 325 g/mol. The van der Waals surface area contributed by atoms with Crippen LogP contribution in [0.1, 0.15) is 24.8 Å². The van der Waals surface area contributed by atoms with E-state index in [9.17, 15) is 9.18 Å². The number of aromatic nitrogens is 1. The van der Waals surface area contributed by atoms with Crippen molar-refractivity contribution in [3.05, 3.63) is 47.2 Å². The van der Waals surface area contributed by atoms with Crippen molar-refractivity contribution in [2.24, 2.45) is 0 Å². The second-order valence-electron chi connectivity index (χ2n) is 6.54. The van der Waals surface area contributed by atoms with E-state index in [0.29, 0.717) is 0 Å². The maximum absolute atomic E-state index is 13.2. The van der Waals surface area contributed by atoms with E-state index in [1.54, 1.807) is 23.5 Å². The van der Waals surface area contributed by atoms with Gasteiger partial charge in [-0.05, 0) is 30.5 Å². The number of rotatable bonds is 3. The summed E-state index contributed by atoms with van der Waals surface area (Å²) in [6, 6.07) is 6.47. The first kappa shape index (κ1) is 15.6. The van der Waals surface area contributed by atoms with Gasteiger partial charge in [0.05, 0.1) is 5.41 Å². The molecule has 1 saturated heterocycles. The topological polar surface area (TPSA) is 36.4 Å². The van der Waals surface area contributed by atoms with E-state index in [1.807, 2.05) is 16.5 Å². The lowest BCUT2D eigenvalue weighted by atomic mass is 9.63. The maximum atomic E-state index is 13.2. The van der Waals surface area contributed by atoms with Crippen molar-refractivity contribution in [3.8, 4) is 0 Å². The third kappa shape index (κ3) is 2.59. The Morgan fingerprint density at radius 1 is 1.12 bits per heavy atom. The molecular formula is C18H20FN3OS. The highest BCUT2D eigenvalue weighted by Gasteiger charge is 2.48. The number of nitrogens with zero attached hydrogens (tertiary/aromatic N) is 3. The largest absolute Gasteiger partial charge is 0.345 e. The summed E-state index contributed by atoms with van der Waals surface area (Å²) in [6.45, 7) is 3.08. The quantitative estimate of drug-likeness (QED) is 0.858. The van der Waals surface area contributed by atoms with Gasteiger partial charge < -0.3 is 9.80 Å². The molecule has 6 heteroatoms. The fourth-order valence-corrected chi connectivity index (χ4v) is 4.40. The lowest BCUT2D eigenvalue weighted by Gasteiger charge is -2.46. The van der Waals surface area contributed by atoms with Crippen molar-refractivity contribution < 1.29 is 9.18 Å². The van der Waals surface area contributed by atoms with Crippen LogP contribution in [0, 0.1) is 5.82 Å². The first-order valence-corrected chi connectivity index (χ1v) is 9.27. The average molecular weight is 345 g/mol. The second kappa shape index (κ2) is 6.16. The molecule has 0 atom stereocenters. The summed E-state index contributed by atoms with van der Waals surface area (Å²) < 4.78 is 13.2. The van der Waals surface area contributed by atoms with Crippen molar-refractivity contribution in [3.63, 3.8) is 0 Å². The van der Waals surface area contributed by atoms with Crippen LogP contribution in [-0.4, -0.2) is 42.0 Å². The molecule has 4 rings (SSSR count). The number of carbonyl (C=O) groups excluding carboxylic acids is 1. The molecule has 1 aromatic heterocycles. The highest BCUT2D eigenvalue weighted by molar-refractivity contribution is 7.13. The number of hydrogen-bond donors (Lipinski definition) is 0. The van der Waals surface area contributed by atoms with E-state index >= 15 is 0 Å². The number of piperazine rings is 1. The molecule has 0 bridgehead atoms. The first-order valence-electron chi connectivity index (χ1n) is 8.39. The van der Waals surface area contributed by atoms with Crippen molar-refractivity contribution in [2.45, 2.75) is 24.7 Å². The van der Waals surface area contributed by atoms with Gasteiger partial charge in [0, 0.05) is 37.8 Å². The van der Waals surface area contributed by atoms with Gasteiger partial charge in [0.2, 0.25) is 5.91 Å². The summed E-state index contributed by atoms with van der Waals surface area (Å²) >= 11 is 1.63. The Hall–Kier alpha value is -1.95. The van der Waals surface area contributed by atoms with Gasteiger partial charge in [-0.1, -0.05) is 18.6 Å². The van der Waals surface area contributed by atoms with Crippen LogP contribution in [-0.2, 0) is 10.2 Å². The van der Waals surface area contributed by atoms with Gasteiger partial charge in [-0.2, -0.15) is 0 Å². The Kier molecular flexibility index (Phi) is 4.00. The summed E-state index contributed by atoms with van der Waals surface area (Å²) in [7, 11) is 0. The van der Waals surface area contributed by atoms with Gasteiger partial charge >= 0.3 is 0 Å². The molecule has 2 fully saturated rings. The molecule has 1 aromatic carbocycles. The van der Waals surface area contributed by atoms with Crippen LogP contribution in [0.15, 0.2) is 35.8 Å². The van der Waals surface area contributed by atoms with Gasteiger partial charge in [0.1, 0.15) is 5.82 Å². The summed E-state index contributed by atoms with van der Waals surface area (Å²) in [6.07, 6.45) is 4.60. The van der Waals surface area contributed by atoms with Crippen LogP contribution in [0.3, 0.4) is 0 Å². The first-order chi connectivity index (χ1) is 11.7. The third-order valence-electron chi connectivity index (χ3n) is 5.27. The molecule has 1 saturated carbocycles. The monoisotopic (exact) mass is 345 g/mol. The minimum absolute atomic E-state index is 0.208. The van der Waals surface area contributed by atoms with Crippen LogP contribution < -0.4 is 4.90 Å². The molecule has 0 unspecified atom stereocenters. The Balaban J connectivity index is 1.48. The van der Waals surface area contributed by atoms with Crippen molar-refractivity contribution in [1.82, 2.24) is 9.88 Å². The minimum atomic E-state index is -0.433. The third-order valence-corrected chi connectivity index (χ3v) is 6.10. The number of amides is 1. The Morgan fingerprint density at radius 3 is 2.38 bits per heavy atom. The van der Waals surface area contributed by atoms with E-state index in [4.69, 9.17) is 0 Å². The standard InChI is InChI=1S/C18H20FN3OS/c19-15-4-2-14(3-5-15)18(6-1-7-18)16(23)21-9-11-22(12-10-21)17-20-8-13-24-17/h2-5,8,13H,1,6-7,9-12H2. The zero-order valence-electron chi connectivity index (χ0n) is 13.4. The molecule has 0 radical (unpaired) electrons. The predicted octanol–water partition coefficient (Wildman–Crippen LogP) is 3.05. The van der Waals surface area contributed by atoms with Crippen LogP contribution in [0.25, 0.3) is 0 Å². The van der Waals surface area contributed by atoms with Crippen molar-refractivity contribution in [1.29, 1.82) is 0 Å². The smallest absolute Gasteiger partial charge is 0.233 e. The second-order valence-corrected chi connectivity index (χ2v) is 7.41. The number of benzene rings is 1. The zero-order chi connectivity index (χ0) is 16.6. The van der Waals surface area contributed by atoms with Crippen molar-refractivity contribution in [2.75, 3.05) is 31.1 Å². The molecule has 1 aliphatic heterocycles. The number of anilines is 1. The van der Waals surface area contributed by atoms with E-state index in [0.717, 1.165) is 56.1 Å². The molecule has 2 aliphatic rings. The molecule has 24 heavy (non-hydrogen) atoms. The van der Waals surface area contributed by atoms with Gasteiger partial charge in [-0.25, -0.2) is 9.37 Å². The normalized spacial score (nSPS) is 19.9. The van der Waals surface area contributed by atoms with Gasteiger partial charge in [0.15, 0.2) is 5.13 Å². The average Bonchev–Trinajstić information content (AvgIpc) is 3.10. The summed E-state index contributed by atoms with van der Waals surface area (Å²) in [5, 5.41) is 3.00. The maximum Gasteiger partial charge on any atom is 0.233 e. The SMILES string of the molecule is O=C(N1CCN(c2nccs2)CC1)C1(c2ccc(F)cc2)CCC1. The highest BCUT2D eigenvalue weighted by Crippen LogP contribution is 2.45. The molecule has 0 N–H and O–H groups in total. The molecule has 0 spiro atoms. The van der Waals surface area contributed by atoms with E-state index in [-0.39, 0.29) is 11.7 Å². The Morgan fingerprint density at radius 2 is 1.83 bits per heavy atom. The van der Waals surface area contributed by atoms with Gasteiger partial charge in [-0.15, -0.1) is 11.3 Å². The Bertz CT molecular complexity index is 704. The minimum Gasteiger partial charge on any atom is -0.345 e. The Labute approximate surface area is 144 Å². The van der Waals surface area contributed by atoms with Crippen LogP contribution in [0.5, 0.6) is 0 Å².